The van der Waals surface area contributed by atoms with E-state index in [0.29, 0.717) is 13.0 Å². The Labute approximate surface area is 155 Å². The van der Waals surface area contributed by atoms with Crippen molar-refractivity contribution in [1.82, 2.24) is 5.32 Å². The predicted molar refractivity (Wildman–Crippen MR) is 98.2 cm³/mol. The molecule has 7 nitrogen and oxygen atoms in total. The third kappa shape index (κ3) is 6.21. The van der Waals surface area contributed by atoms with Crippen LogP contribution < -0.4 is 5.32 Å². The molecule has 0 radical (unpaired) electrons. The van der Waals surface area contributed by atoms with Gasteiger partial charge in [0.15, 0.2) is 6.10 Å². The van der Waals surface area contributed by atoms with E-state index in [-0.39, 0.29) is 29.4 Å². The van der Waals surface area contributed by atoms with Crippen molar-refractivity contribution < 1.29 is 29.1 Å². The second kappa shape index (κ2) is 10.4. The number of rotatable bonds is 3. The lowest BCUT2D eigenvalue weighted by molar-refractivity contribution is -0.856. The van der Waals surface area contributed by atoms with Gasteiger partial charge in [-0.3, -0.25) is 9.28 Å². The molecule has 0 saturated carbocycles. The first kappa shape index (κ1) is 22.3. The summed E-state index contributed by atoms with van der Waals surface area (Å²) in [6.07, 6.45) is 6.79. The Bertz CT molecular complexity index is 532. The predicted octanol–water partition coefficient (Wildman–Crippen LogP) is 1.46. The molecule has 148 valence electrons. The molecule has 3 atom stereocenters. The van der Waals surface area contributed by atoms with E-state index in [1.54, 1.807) is 0 Å². The van der Waals surface area contributed by atoms with E-state index in [9.17, 15) is 19.5 Å². The van der Waals surface area contributed by atoms with Crippen LogP contribution in [0.1, 0.15) is 52.4 Å². The monoisotopic (exact) mass is 369 g/mol. The van der Waals surface area contributed by atoms with Crippen LogP contribution in [-0.2, 0) is 14.4 Å². The van der Waals surface area contributed by atoms with E-state index in [2.05, 4.69) is 11.4 Å². The highest BCUT2D eigenvalue weighted by molar-refractivity contribution is 5.88. The number of carbonyl (C=O) groups excluding carboxylic acids is 2. The highest BCUT2D eigenvalue weighted by Gasteiger charge is 2.36. The number of nitrogens with zero attached hydrogens (tertiary/aromatic N) is 1. The van der Waals surface area contributed by atoms with Gasteiger partial charge in [-0.15, -0.1) is 0 Å². The smallest absolute Gasteiger partial charge is 0.333 e. The van der Waals surface area contributed by atoms with Crippen LogP contribution in [-0.4, -0.2) is 64.8 Å². The minimum atomic E-state index is -1.77. The Balaban J connectivity index is 2.95. The van der Waals surface area contributed by atoms with Gasteiger partial charge >= 0.3 is 11.9 Å². The van der Waals surface area contributed by atoms with Crippen LogP contribution >= 0.6 is 0 Å². The molecule has 0 aromatic rings. The maximum absolute atomic E-state index is 12.7. The van der Waals surface area contributed by atoms with Crippen molar-refractivity contribution >= 4 is 17.8 Å². The number of allylic oxidation sites excluding steroid dienone is 2. The minimum Gasteiger partial charge on any atom is -0.479 e. The fraction of sp³-hybridized carbons (Fsp3) is 0.737. The number of likely N-dealkylation sites (N-methyl/N-ethyl adjacent to an activating group) is 1. The number of aliphatic carboxylic acids is 1. The lowest BCUT2D eigenvalue weighted by atomic mass is 9.94. The number of aliphatic hydroxyl groups is 1. The van der Waals surface area contributed by atoms with E-state index in [1.807, 2.05) is 27.0 Å². The molecule has 1 heterocycles. The van der Waals surface area contributed by atoms with Crippen LogP contribution in [0.15, 0.2) is 12.2 Å². The molecule has 0 aromatic heterocycles. The van der Waals surface area contributed by atoms with Gasteiger partial charge in [0, 0.05) is 0 Å². The van der Waals surface area contributed by atoms with Gasteiger partial charge in [-0.2, -0.15) is 0 Å². The van der Waals surface area contributed by atoms with Crippen molar-refractivity contribution in [2.75, 3.05) is 20.1 Å². The third-order valence-electron chi connectivity index (χ3n) is 5.39. The van der Waals surface area contributed by atoms with Gasteiger partial charge in [-0.1, -0.05) is 12.2 Å². The maximum atomic E-state index is 12.7. The largest absolute Gasteiger partial charge is 0.479 e. The van der Waals surface area contributed by atoms with Gasteiger partial charge in [0.25, 0.3) is 0 Å². The van der Waals surface area contributed by atoms with Crippen LogP contribution in [0.4, 0.5) is 0 Å². The molecule has 0 bridgehead atoms. The molecule has 1 aliphatic rings. The number of carboxylic acids is 1. The van der Waals surface area contributed by atoms with Gasteiger partial charge in [0.1, 0.15) is 6.54 Å². The molecule has 0 aromatic carbocycles. The van der Waals surface area contributed by atoms with Gasteiger partial charge in [-0.05, 0) is 52.4 Å². The normalized spacial score (nSPS) is 28.1. The van der Waals surface area contributed by atoms with Gasteiger partial charge in [0.05, 0.1) is 25.6 Å². The first-order chi connectivity index (χ1) is 12.2. The van der Waals surface area contributed by atoms with E-state index >= 15 is 0 Å². The summed E-state index contributed by atoms with van der Waals surface area (Å²) in [5.74, 6) is -3.17. The summed E-state index contributed by atoms with van der Waals surface area (Å²) in [5.41, 5.74) is 0. The van der Waals surface area contributed by atoms with Crippen LogP contribution in [0.3, 0.4) is 0 Å². The quantitative estimate of drug-likeness (QED) is 0.516. The zero-order valence-corrected chi connectivity index (χ0v) is 16.1. The highest BCUT2D eigenvalue weighted by Crippen LogP contribution is 2.17. The van der Waals surface area contributed by atoms with Crippen molar-refractivity contribution in [3.8, 4) is 0 Å². The summed E-state index contributed by atoms with van der Waals surface area (Å²) in [6, 6.07) is 0.0750. The number of aliphatic hydroxyl groups excluding tert-OH is 1. The van der Waals surface area contributed by atoms with Gasteiger partial charge in [0.2, 0.25) is 5.91 Å². The summed E-state index contributed by atoms with van der Waals surface area (Å²) in [6.45, 7) is 4.49. The molecule has 0 fully saturated rings. The van der Waals surface area contributed by atoms with E-state index in [4.69, 9.17) is 5.11 Å². The lowest BCUT2D eigenvalue weighted by Gasteiger charge is -2.36. The average molecular weight is 369 g/mol. The highest BCUT2D eigenvalue weighted by atomic mass is 16.4. The van der Waals surface area contributed by atoms with E-state index in [0.717, 1.165) is 25.7 Å². The number of carbonyl (C=O) groups is 3. The Hall–Kier alpha value is -1.73. The molecule has 7 heteroatoms. The molecule has 26 heavy (non-hydrogen) atoms. The molecule has 1 rings (SSSR count). The molecular weight excluding hydrogens is 336 g/mol. The summed E-state index contributed by atoms with van der Waals surface area (Å²) < 4.78 is 0.218. The molecule has 0 saturated heterocycles. The van der Waals surface area contributed by atoms with Crippen molar-refractivity contribution in [2.24, 2.45) is 5.92 Å². The van der Waals surface area contributed by atoms with E-state index in [1.165, 1.54) is 0 Å². The lowest BCUT2D eigenvalue weighted by Crippen LogP contribution is -2.58. The second-order valence-corrected chi connectivity index (χ2v) is 7.48. The number of amides is 2. The van der Waals surface area contributed by atoms with Crippen molar-refractivity contribution in [1.29, 1.82) is 0 Å². The topological polar surface area (TPSA) is 104 Å². The second-order valence-electron chi connectivity index (χ2n) is 7.48. The summed E-state index contributed by atoms with van der Waals surface area (Å²) in [7, 11) is 1.87. The Kier molecular flexibility index (Phi) is 8.95. The standard InChI is InChI=1S/C19H32N2O5/c1-14(2)21(3)12-10-8-6-4-5-7-9-11-15(17(23)19(25)26)18(24)20-13-16(21)22/h4-5,14-15,17,23H,6-13H2,1-3H3,(H-,20,24,25,26)/p+1/t15?,17-,21?/m0/s1. The Morgan fingerprint density at radius 1 is 1.19 bits per heavy atom. The van der Waals surface area contributed by atoms with Crippen molar-refractivity contribution in [3.05, 3.63) is 12.2 Å². The Morgan fingerprint density at radius 2 is 1.81 bits per heavy atom. The molecular formula is C19H33N2O5+. The Morgan fingerprint density at radius 3 is 2.38 bits per heavy atom. The van der Waals surface area contributed by atoms with Crippen molar-refractivity contribution in [3.63, 3.8) is 0 Å². The summed E-state index contributed by atoms with van der Waals surface area (Å²) in [5, 5.41) is 21.5. The zero-order chi connectivity index (χ0) is 19.7. The first-order valence-electron chi connectivity index (χ1n) is 9.42. The van der Waals surface area contributed by atoms with E-state index < -0.39 is 23.9 Å². The molecule has 2 amide bonds. The zero-order valence-electron chi connectivity index (χ0n) is 16.1. The van der Waals surface area contributed by atoms with Crippen LogP contribution in [0, 0.1) is 5.92 Å². The molecule has 3 N–H and O–H groups in total. The van der Waals surface area contributed by atoms with Crippen LogP contribution in [0.25, 0.3) is 0 Å². The number of carboxylic acid groups (broad SMARTS) is 1. The maximum Gasteiger partial charge on any atom is 0.333 e. The molecule has 0 spiro atoms. The molecule has 2 unspecified atom stereocenters. The number of nitrogens with one attached hydrogen (secondary N) is 1. The first-order valence-corrected chi connectivity index (χ1v) is 9.42. The number of hydrogen-bond acceptors (Lipinski definition) is 4. The summed E-state index contributed by atoms with van der Waals surface area (Å²) in [4.78, 5) is 36.3. The van der Waals surface area contributed by atoms with Gasteiger partial charge in [-0.25, -0.2) is 9.59 Å². The summed E-state index contributed by atoms with van der Waals surface area (Å²) >= 11 is 0. The molecule has 1 aliphatic heterocycles. The number of quaternary nitrogens is 1. The fourth-order valence-corrected chi connectivity index (χ4v) is 3.14. The fourth-order valence-electron chi connectivity index (χ4n) is 3.14. The average Bonchev–Trinajstić information content (AvgIpc) is 2.59. The van der Waals surface area contributed by atoms with Gasteiger partial charge < -0.3 is 15.5 Å². The SMILES string of the molecule is CC(C)[N+]1(C)CCCCC=CCCCC([C@H](O)C(=O)O)C(=O)NCC1=O. The van der Waals surface area contributed by atoms with Crippen LogP contribution in [0.5, 0.6) is 0 Å². The van der Waals surface area contributed by atoms with Crippen molar-refractivity contribution in [2.45, 2.75) is 64.5 Å². The number of hydrogen-bond donors (Lipinski definition) is 3. The minimum absolute atomic E-state index is 0.0750. The molecule has 0 aliphatic carbocycles. The van der Waals surface area contributed by atoms with Crippen LogP contribution in [0.2, 0.25) is 0 Å². The third-order valence-corrected chi connectivity index (χ3v) is 5.39.